The minimum absolute atomic E-state index is 0.0994. The molecule has 1 unspecified atom stereocenters. The van der Waals surface area contributed by atoms with Crippen molar-refractivity contribution in [1.82, 2.24) is 15.6 Å². The third-order valence-electron chi connectivity index (χ3n) is 3.02. The number of amides is 1. The van der Waals surface area contributed by atoms with E-state index in [1.165, 1.54) is 4.88 Å². The van der Waals surface area contributed by atoms with Gasteiger partial charge in [0.15, 0.2) is 0 Å². The second-order valence-corrected chi connectivity index (χ2v) is 5.61. The standard InChI is InChI=1S/C11H17N3OS/c1-7-3-13-10(16-7)6-14-11(15)8(2)9-4-12-5-9/h3,8-9,12H,4-6H2,1-2H3,(H,14,15). The molecule has 0 saturated carbocycles. The zero-order valence-corrected chi connectivity index (χ0v) is 10.4. The van der Waals surface area contributed by atoms with Crippen molar-refractivity contribution in [2.45, 2.75) is 20.4 Å². The van der Waals surface area contributed by atoms with Gasteiger partial charge in [-0.15, -0.1) is 11.3 Å². The quantitative estimate of drug-likeness (QED) is 0.821. The molecule has 1 saturated heterocycles. The zero-order chi connectivity index (χ0) is 11.5. The molecule has 0 aromatic carbocycles. The lowest BCUT2D eigenvalue weighted by Crippen LogP contribution is -2.49. The first-order valence-corrected chi connectivity index (χ1v) is 6.38. The summed E-state index contributed by atoms with van der Waals surface area (Å²) in [6.07, 6.45) is 1.84. The van der Waals surface area contributed by atoms with Crippen molar-refractivity contribution < 1.29 is 4.79 Å². The van der Waals surface area contributed by atoms with E-state index >= 15 is 0 Å². The Kier molecular flexibility index (Phi) is 3.56. The fourth-order valence-electron chi connectivity index (χ4n) is 1.69. The van der Waals surface area contributed by atoms with Crippen molar-refractivity contribution in [3.8, 4) is 0 Å². The van der Waals surface area contributed by atoms with Crippen LogP contribution >= 0.6 is 11.3 Å². The first kappa shape index (κ1) is 11.5. The van der Waals surface area contributed by atoms with Crippen molar-refractivity contribution >= 4 is 17.2 Å². The van der Waals surface area contributed by atoms with Crippen molar-refractivity contribution in [3.63, 3.8) is 0 Å². The number of hydrogen-bond donors (Lipinski definition) is 2. The minimum atomic E-state index is 0.0994. The van der Waals surface area contributed by atoms with Gasteiger partial charge in [0.1, 0.15) is 5.01 Å². The number of nitrogens with zero attached hydrogens (tertiary/aromatic N) is 1. The van der Waals surface area contributed by atoms with E-state index in [1.54, 1.807) is 11.3 Å². The van der Waals surface area contributed by atoms with Crippen LogP contribution in [0.1, 0.15) is 16.8 Å². The van der Waals surface area contributed by atoms with Gasteiger partial charge in [0.05, 0.1) is 6.54 Å². The van der Waals surface area contributed by atoms with E-state index < -0.39 is 0 Å². The lowest BCUT2D eigenvalue weighted by atomic mass is 9.88. The third kappa shape index (κ3) is 2.59. The predicted octanol–water partition coefficient (Wildman–Crippen LogP) is 0.923. The number of rotatable bonds is 4. The Morgan fingerprint density at radius 2 is 2.50 bits per heavy atom. The lowest BCUT2D eigenvalue weighted by Gasteiger charge is -2.31. The number of aryl methyl sites for hydroxylation is 1. The molecule has 0 spiro atoms. The number of hydrogen-bond acceptors (Lipinski definition) is 4. The maximum absolute atomic E-state index is 11.8. The number of thiazole rings is 1. The Balaban J connectivity index is 1.78. The van der Waals surface area contributed by atoms with Crippen LogP contribution in [0.15, 0.2) is 6.20 Å². The Morgan fingerprint density at radius 3 is 3.00 bits per heavy atom. The fraction of sp³-hybridized carbons (Fsp3) is 0.636. The fourth-order valence-corrected chi connectivity index (χ4v) is 2.41. The maximum Gasteiger partial charge on any atom is 0.223 e. The van der Waals surface area contributed by atoms with Crippen molar-refractivity contribution in [3.05, 3.63) is 16.1 Å². The zero-order valence-electron chi connectivity index (χ0n) is 9.62. The summed E-state index contributed by atoms with van der Waals surface area (Å²) in [7, 11) is 0. The summed E-state index contributed by atoms with van der Waals surface area (Å²) < 4.78 is 0. The summed E-state index contributed by atoms with van der Waals surface area (Å²) >= 11 is 1.63. The van der Waals surface area contributed by atoms with Crippen LogP contribution in [0, 0.1) is 18.8 Å². The summed E-state index contributed by atoms with van der Waals surface area (Å²) in [4.78, 5) is 17.2. The van der Waals surface area contributed by atoms with Gasteiger partial charge in [0.2, 0.25) is 5.91 Å². The van der Waals surface area contributed by atoms with Gasteiger partial charge in [-0.3, -0.25) is 4.79 Å². The summed E-state index contributed by atoms with van der Waals surface area (Å²) in [5.74, 6) is 0.736. The second-order valence-electron chi connectivity index (χ2n) is 4.29. The average molecular weight is 239 g/mol. The Labute approximate surface area is 99.5 Å². The van der Waals surface area contributed by atoms with Gasteiger partial charge in [-0.1, -0.05) is 6.92 Å². The first-order chi connectivity index (χ1) is 7.66. The third-order valence-corrected chi connectivity index (χ3v) is 3.93. The largest absolute Gasteiger partial charge is 0.349 e. The number of aromatic nitrogens is 1. The predicted molar refractivity (Wildman–Crippen MR) is 64.2 cm³/mol. The molecule has 4 nitrogen and oxygen atoms in total. The van der Waals surface area contributed by atoms with Gasteiger partial charge in [-0.05, 0) is 25.9 Å². The molecule has 2 heterocycles. The number of carbonyl (C=O) groups is 1. The molecule has 1 atom stereocenters. The van der Waals surface area contributed by atoms with E-state index in [-0.39, 0.29) is 11.8 Å². The molecular weight excluding hydrogens is 222 g/mol. The van der Waals surface area contributed by atoms with Crippen molar-refractivity contribution in [1.29, 1.82) is 0 Å². The summed E-state index contributed by atoms with van der Waals surface area (Å²) in [5, 5.41) is 7.10. The van der Waals surface area contributed by atoms with E-state index in [2.05, 4.69) is 15.6 Å². The molecule has 1 aromatic heterocycles. The lowest BCUT2D eigenvalue weighted by molar-refractivity contribution is -0.126. The van der Waals surface area contributed by atoms with Crippen LogP contribution in [0.4, 0.5) is 0 Å². The van der Waals surface area contributed by atoms with Gasteiger partial charge in [-0.2, -0.15) is 0 Å². The van der Waals surface area contributed by atoms with Crippen LogP contribution in [-0.4, -0.2) is 24.0 Å². The highest BCUT2D eigenvalue weighted by atomic mass is 32.1. The van der Waals surface area contributed by atoms with E-state index in [1.807, 2.05) is 20.0 Å². The van der Waals surface area contributed by atoms with Gasteiger partial charge >= 0.3 is 0 Å². The van der Waals surface area contributed by atoms with Gasteiger partial charge in [0, 0.05) is 17.0 Å². The summed E-state index contributed by atoms with van der Waals surface area (Å²) in [6.45, 7) is 6.50. The maximum atomic E-state index is 11.8. The highest BCUT2D eigenvalue weighted by Gasteiger charge is 2.28. The molecule has 1 aromatic rings. The average Bonchev–Trinajstić information content (AvgIpc) is 2.58. The van der Waals surface area contributed by atoms with E-state index in [0.29, 0.717) is 12.5 Å². The molecule has 1 aliphatic rings. The minimum Gasteiger partial charge on any atom is -0.349 e. The number of nitrogens with one attached hydrogen (secondary N) is 2. The monoisotopic (exact) mass is 239 g/mol. The second kappa shape index (κ2) is 4.93. The summed E-state index contributed by atoms with van der Waals surface area (Å²) in [6, 6.07) is 0. The van der Waals surface area contributed by atoms with Crippen LogP contribution in [0.5, 0.6) is 0 Å². The highest BCUT2D eigenvalue weighted by molar-refractivity contribution is 7.11. The van der Waals surface area contributed by atoms with Crippen LogP contribution in [0.3, 0.4) is 0 Å². The topological polar surface area (TPSA) is 54.0 Å². The Bertz CT molecular complexity index is 373. The molecule has 88 valence electrons. The molecule has 1 amide bonds. The molecule has 2 rings (SSSR count). The SMILES string of the molecule is Cc1cnc(CNC(=O)C(C)C2CNC2)s1. The van der Waals surface area contributed by atoms with E-state index in [9.17, 15) is 4.79 Å². The molecule has 0 aliphatic carbocycles. The van der Waals surface area contributed by atoms with Crippen LogP contribution in [-0.2, 0) is 11.3 Å². The van der Waals surface area contributed by atoms with Gasteiger partial charge in [0.25, 0.3) is 0 Å². The molecule has 5 heteroatoms. The van der Waals surface area contributed by atoms with Crippen LogP contribution in [0.25, 0.3) is 0 Å². The molecule has 0 bridgehead atoms. The normalized spacial score (nSPS) is 17.9. The van der Waals surface area contributed by atoms with Crippen molar-refractivity contribution in [2.24, 2.45) is 11.8 Å². The molecule has 0 radical (unpaired) electrons. The molecule has 1 aliphatic heterocycles. The number of carbonyl (C=O) groups excluding carboxylic acids is 1. The van der Waals surface area contributed by atoms with Crippen LogP contribution < -0.4 is 10.6 Å². The van der Waals surface area contributed by atoms with E-state index in [0.717, 1.165) is 18.1 Å². The smallest absolute Gasteiger partial charge is 0.223 e. The van der Waals surface area contributed by atoms with Crippen molar-refractivity contribution in [2.75, 3.05) is 13.1 Å². The Morgan fingerprint density at radius 1 is 1.75 bits per heavy atom. The first-order valence-electron chi connectivity index (χ1n) is 5.56. The molecule has 1 fully saturated rings. The molecular formula is C11H17N3OS. The molecule has 16 heavy (non-hydrogen) atoms. The highest BCUT2D eigenvalue weighted by Crippen LogP contribution is 2.16. The van der Waals surface area contributed by atoms with Crippen LogP contribution in [0.2, 0.25) is 0 Å². The summed E-state index contributed by atoms with van der Waals surface area (Å²) in [5.41, 5.74) is 0. The Hall–Kier alpha value is -0.940. The van der Waals surface area contributed by atoms with Gasteiger partial charge in [-0.25, -0.2) is 4.98 Å². The van der Waals surface area contributed by atoms with Gasteiger partial charge < -0.3 is 10.6 Å². The van der Waals surface area contributed by atoms with E-state index in [4.69, 9.17) is 0 Å². The molecule has 2 N–H and O–H groups in total.